The van der Waals surface area contributed by atoms with E-state index in [1.54, 1.807) is 24.4 Å². The molecule has 1 heterocycles. The van der Waals surface area contributed by atoms with E-state index in [9.17, 15) is 14.3 Å². The molecule has 0 aliphatic rings. The minimum atomic E-state index is -0.833. The number of rotatable bonds is 4. The molecule has 1 atom stereocenters. The van der Waals surface area contributed by atoms with E-state index >= 15 is 0 Å². The number of halogens is 1. The van der Waals surface area contributed by atoms with E-state index in [1.165, 1.54) is 13.2 Å². The summed E-state index contributed by atoms with van der Waals surface area (Å²) in [4.78, 5) is 15.0. The molecule has 0 saturated heterocycles. The first kappa shape index (κ1) is 17.7. The van der Waals surface area contributed by atoms with Crippen LogP contribution in [0.15, 0.2) is 54.7 Å². The minimum Gasteiger partial charge on any atom is -0.508 e. The number of hydrogen-bond donors (Lipinski definition) is 2. The lowest BCUT2D eigenvalue weighted by molar-refractivity contribution is 0.0600. The SMILES string of the molecule is COC(=O)c1ccc(C(C)(c2ccc[nH]2)c2ccc(O)cc2F)cc1C. The predicted molar refractivity (Wildman–Crippen MR) is 96.9 cm³/mol. The lowest BCUT2D eigenvalue weighted by Crippen LogP contribution is -2.27. The molecule has 0 amide bonds. The molecule has 5 heteroatoms. The Morgan fingerprint density at radius 3 is 2.54 bits per heavy atom. The molecule has 0 saturated carbocycles. The van der Waals surface area contributed by atoms with Crippen LogP contribution in [0.2, 0.25) is 0 Å². The van der Waals surface area contributed by atoms with Gasteiger partial charge in [0.05, 0.1) is 18.1 Å². The fraction of sp³-hybridized carbons (Fsp3) is 0.190. The lowest BCUT2D eigenvalue weighted by Gasteiger charge is -2.31. The fourth-order valence-corrected chi connectivity index (χ4v) is 3.32. The molecular weight excluding hydrogens is 333 g/mol. The predicted octanol–water partition coefficient (Wildman–Crippen LogP) is 4.31. The number of esters is 1. The summed E-state index contributed by atoms with van der Waals surface area (Å²) in [5, 5.41) is 9.57. The van der Waals surface area contributed by atoms with E-state index in [2.05, 4.69) is 4.98 Å². The molecule has 3 rings (SSSR count). The maximum atomic E-state index is 14.7. The summed E-state index contributed by atoms with van der Waals surface area (Å²) in [5.74, 6) is -1.04. The number of carbonyl (C=O) groups excluding carboxylic acids is 1. The number of aromatic nitrogens is 1. The Kier molecular flexibility index (Phi) is 4.55. The van der Waals surface area contributed by atoms with Crippen LogP contribution in [0, 0.1) is 12.7 Å². The largest absolute Gasteiger partial charge is 0.508 e. The van der Waals surface area contributed by atoms with Crippen LogP contribution in [-0.4, -0.2) is 23.2 Å². The number of H-pyrrole nitrogens is 1. The van der Waals surface area contributed by atoms with E-state index < -0.39 is 17.2 Å². The Morgan fingerprint density at radius 2 is 1.96 bits per heavy atom. The van der Waals surface area contributed by atoms with Crippen molar-refractivity contribution in [1.29, 1.82) is 0 Å². The van der Waals surface area contributed by atoms with Gasteiger partial charge in [0.1, 0.15) is 11.6 Å². The summed E-state index contributed by atoms with van der Waals surface area (Å²) < 4.78 is 19.5. The van der Waals surface area contributed by atoms with E-state index in [0.717, 1.165) is 22.9 Å². The number of benzene rings is 2. The Labute approximate surface area is 151 Å². The highest BCUT2D eigenvalue weighted by molar-refractivity contribution is 5.91. The number of carbonyl (C=O) groups is 1. The number of nitrogens with one attached hydrogen (secondary N) is 1. The number of aryl methyl sites for hydroxylation is 1. The van der Waals surface area contributed by atoms with Crippen molar-refractivity contribution in [3.8, 4) is 5.75 Å². The number of aromatic hydroxyl groups is 1. The van der Waals surface area contributed by atoms with Crippen LogP contribution in [0.4, 0.5) is 4.39 Å². The first-order valence-electron chi connectivity index (χ1n) is 8.20. The van der Waals surface area contributed by atoms with E-state index in [-0.39, 0.29) is 5.75 Å². The molecule has 0 bridgehead atoms. The Bertz CT molecular complexity index is 950. The number of phenols is 1. The molecule has 0 aliphatic heterocycles. The Morgan fingerprint density at radius 1 is 1.19 bits per heavy atom. The summed E-state index contributed by atoms with van der Waals surface area (Å²) in [6.45, 7) is 3.72. The monoisotopic (exact) mass is 353 g/mol. The molecule has 26 heavy (non-hydrogen) atoms. The van der Waals surface area contributed by atoms with Gasteiger partial charge in [0, 0.05) is 23.5 Å². The lowest BCUT2D eigenvalue weighted by atomic mass is 9.73. The first-order valence-corrected chi connectivity index (χ1v) is 8.20. The molecule has 1 unspecified atom stereocenters. The maximum absolute atomic E-state index is 14.7. The van der Waals surface area contributed by atoms with Gasteiger partial charge in [0.2, 0.25) is 0 Å². The zero-order valence-electron chi connectivity index (χ0n) is 14.8. The Hall–Kier alpha value is -3.08. The van der Waals surface area contributed by atoms with Crippen LogP contribution in [0.5, 0.6) is 5.75 Å². The van der Waals surface area contributed by atoms with Crippen molar-refractivity contribution in [3.05, 3.63) is 88.5 Å². The van der Waals surface area contributed by atoms with Crippen LogP contribution in [0.3, 0.4) is 0 Å². The maximum Gasteiger partial charge on any atom is 0.338 e. The third-order valence-corrected chi connectivity index (χ3v) is 4.84. The summed E-state index contributed by atoms with van der Waals surface area (Å²) in [7, 11) is 1.34. The molecule has 0 spiro atoms. The normalized spacial score (nSPS) is 13.2. The average molecular weight is 353 g/mol. The molecule has 2 N–H and O–H groups in total. The third-order valence-electron chi connectivity index (χ3n) is 4.84. The number of phenolic OH excluding ortho intramolecular Hbond substituents is 1. The van der Waals surface area contributed by atoms with Crippen LogP contribution in [-0.2, 0) is 10.2 Å². The van der Waals surface area contributed by atoms with Gasteiger partial charge in [0.15, 0.2) is 0 Å². The zero-order chi connectivity index (χ0) is 18.9. The summed E-state index contributed by atoms with van der Waals surface area (Å²) >= 11 is 0. The van der Waals surface area contributed by atoms with Crippen LogP contribution >= 0.6 is 0 Å². The van der Waals surface area contributed by atoms with E-state index in [0.29, 0.717) is 11.1 Å². The Balaban J connectivity index is 2.23. The minimum absolute atomic E-state index is 0.127. The van der Waals surface area contributed by atoms with Crippen LogP contribution < -0.4 is 0 Å². The molecule has 0 fully saturated rings. The molecular formula is C21H20FNO3. The average Bonchev–Trinajstić information content (AvgIpc) is 3.15. The highest BCUT2D eigenvalue weighted by Gasteiger charge is 2.35. The second-order valence-electron chi connectivity index (χ2n) is 6.39. The summed E-state index contributed by atoms with van der Waals surface area (Å²) in [5.41, 5.74) is 2.41. The van der Waals surface area contributed by atoms with Gasteiger partial charge in [-0.3, -0.25) is 0 Å². The third kappa shape index (κ3) is 2.86. The molecule has 3 aromatic rings. The fourth-order valence-electron chi connectivity index (χ4n) is 3.32. The van der Waals surface area contributed by atoms with Gasteiger partial charge in [-0.15, -0.1) is 0 Å². The van der Waals surface area contributed by atoms with E-state index in [4.69, 9.17) is 4.74 Å². The molecule has 0 aliphatic carbocycles. The van der Waals surface area contributed by atoms with Crippen molar-refractivity contribution in [3.63, 3.8) is 0 Å². The van der Waals surface area contributed by atoms with Gasteiger partial charge in [-0.05, 0) is 49.2 Å². The van der Waals surface area contributed by atoms with Gasteiger partial charge in [-0.1, -0.05) is 18.2 Å². The first-order chi connectivity index (χ1) is 12.4. The van der Waals surface area contributed by atoms with Gasteiger partial charge >= 0.3 is 5.97 Å². The standard InChI is InChI=1S/C21H20FNO3/c1-13-11-14(6-8-16(13)20(25)26-3)21(2,19-5-4-10-23-19)17-9-7-15(24)12-18(17)22/h4-12,23-24H,1-3H3. The van der Waals surface area contributed by atoms with Gasteiger partial charge in [-0.2, -0.15) is 0 Å². The molecule has 134 valence electrons. The highest BCUT2D eigenvalue weighted by Crippen LogP contribution is 2.40. The van der Waals surface area contributed by atoms with Gasteiger partial charge < -0.3 is 14.8 Å². The van der Waals surface area contributed by atoms with E-state index in [1.807, 2.05) is 32.0 Å². The van der Waals surface area contributed by atoms with Crippen LogP contribution in [0.1, 0.15) is 39.7 Å². The number of methoxy groups -OCH3 is 1. The van der Waals surface area contributed by atoms with Gasteiger partial charge in [0.25, 0.3) is 0 Å². The van der Waals surface area contributed by atoms with Crippen molar-refractivity contribution in [2.45, 2.75) is 19.3 Å². The number of aromatic amines is 1. The second kappa shape index (κ2) is 6.67. The molecule has 1 aromatic heterocycles. The second-order valence-corrected chi connectivity index (χ2v) is 6.39. The van der Waals surface area contributed by atoms with Crippen LogP contribution in [0.25, 0.3) is 0 Å². The number of hydrogen-bond acceptors (Lipinski definition) is 3. The molecule has 0 radical (unpaired) electrons. The van der Waals surface area contributed by atoms with Crippen molar-refractivity contribution >= 4 is 5.97 Å². The van der Waals surface area contributed by atoms with Crippen molar-refractivity contribution in [2.75, 3.05) is 7.11 Å². The van der Waals surface area contributed by atoms with Crippen molar-refractivity contribution in [1.82, 2.24) is 4.98 Å². The summed E-state index contributed by atoms with van der Waals surface area (Å²) in [6.07, 6.45) is 1.78. The zero-order valence-corrected chi connectivity index (χ0v) is 14.8. The quantitative estimate of drug-likeness (QED) is 0.687. The topological polar surface area (TPSA) is 62.3 Å². The number of ether oxygens (including phenoxy) is 1. The smallest absolute Gasteiger partial charge is 0.338 e. The van der Waals surface area contributed by atoms with Crippen molar-refractivity contribution in [2.24, 2.45) is 0 Å². The van der Waals surface area contributed by atoms with Gasteiger partial charge in [-0.25, -0.2) is 9.18 Å². The molecule has 4 nitrogen and oxygen atoms in total. The highest BCUT2D eigenvalue weighted by atomic mass is 19.1. The summed E-state index contributed by atoms with van der Waals surface area (Å²) in [6, 6.07) is 13.2. The molecule has 2 aromatic carbocycles. The van der Waals surface area contributed by atoms with Crippen molar-refractivity contribution < 1.29 is 19.0 Å².